The molecule has 6 heteroatoms. The van der Waals surface area contributed by atoms with Crippen LogP contribution in [0.3, 0.4) is 0 Å². The van der Waals surface area contributed by atoms with Gasteiger partial charge in [-0.15, -0.1) is 0 Å². The van der Waals surface area contributed by atoms with Crippen LogP contribution in [0.15, 0.2) is 11.6 Å². The standard InChI is InChI=1S/C21H31N3O3/c1-8-14(4)19(21(26)27-7)23-20(25)18(11-22)10-17-9-15(5)24(16(17)6)12-13(2)3/h9-10,13-14,19H,8,12H2,1-7H3,(H,23,25)/b18-10+. The second kappa shape index (κ2) is 9.96. The van der Waals surface area contributed by atoms with Crippen LogP contribution in [-0.4, -0.2) is 29.6 Å². The molecule has 27 heavy (non-hydrogen) atoms. The highest BCUT2D eigenvalue weighted by atomic mass is 16.5. The number of rotatable bonds is 8. The number of hydrogen-bond acceptors (Lipinski definition) is 4. The van der Waals surface area contributed by atoms with Crippen LogP contribution < -0.4 is 5.32 Å². The molecule has 0 aliphatic heterocycles. The predicted molar refractivity (Wildman–Crippen MR) is 106 cm³/mol. The van der Waals surface area contributed by atoms with E-state index < -0.39 is 17.9 Å². The van der Waals surface area contributed by atoms with Crippen molar-refractivity contribution in [2.45, 2.75) is 60.5 Å². The van der Waals surface area contributed by atoms with Crippen molar-refractivity contribution in [1.29, 1.82) is 5.26 Å². The number of aryl methyl sites for hydroxylation is 1. The zero-order valence-corrected chi connectivity index (χ0v) is 17.4. The van der Waals surface area contributed by atoms with Gasteiger partial charge >= 0.3 is 5.97 Å². The zero-order chi connectivity index (χ0) is 20.7. The molecule has 0 aliphatic carbocycles. The lowest BCUT2D eigenvalue weighted by Crippen LogP contribution is -2.46. The maximum Gasteiger partial charge on any atom is 0.328 e. The molecule has 6 nitrogen and oxygen atoms in total. The highest BCUT2D eigenvalue weighted by molar-refractivity contribution is 6.03. The van der Waals surface area contributed by atoms with Crippen LogP contribution in [0, 0.1) is 37.0 Å². The molecule has 0 saturated carbocycles. The number of ether oxygens (including phenoxy) is 1. The molecule has 0 aliphatic rings. The topological polar surface area (TPSA) is 84.1 Å². The summed E-state index contributed by atoms with van der Waals surface area (Å²) < 4.78 is 6.96. The Labute approximate surface area is 162 Å². The van der Waals surface area contributed by atoms with Crippen molar-refractivity contribution in [1.82, 2.24) is 9.88 Å². The number of carbonyl (C=O) groups is 2. The Morgan fingerprint density at radius 2 is 1.96 bits per heavy atom. The fourth-order valence-corrected chi connectivity index (χ4v) is 2.94. The third kappa shape index (κ3) is 5.72. The summed E-state index contributed by atoms with van der Waals surface area (Å²) in [7, 11) is 1.29. The summed E-state index contributed by atoms with van der Waals surface area (Å²) in [6.07, 6.45) is 2.28. The number of nitrogens with zero attached hydrogens (tertiary/aromatic N) is 2. The van der Waals surface area contributed by atoms with Gasteiger partial charge in [0.05, 0.1) is 7.11 Å². The van der Waals surface area contributed by atoms with Gasteiger partial charge in [0, 0.05) is 17.9 Å². The molecular weight excluding hydrogens is 342 g/mol. The molecule has 0 spiro atoms. The van der Waals surface area contributed by atoms with Crippen molar-refractivity contribution in [2.24, 2.45) is 11.8 Å². The van der Waals surface area contributed by atoms with E-state index in [-0.39, 0.29) is 11.5 Å². The first-order valence-electron chi connectivity index (χ1n) is 9.33. The van der Waals surface area contributed by atoms with Crippen LogP contribution in [0.1, 0.15) is 51.1 Å². The van der Waals surface area contributed by atoms with E-state index in [9.17, 15) is 14.9 Å². The third-order valence-electron chi connectivity index (χ3n) is 4.78. The quantitative estimate of drug-likeness (QED) is 0.430. The molecule has 1 rings (SSSR count). The van der Waals surface area contributed by atoms with Gasteiger partial charge in [0.25, 0.3) is 5.91 Å². The zero-order valence-electron chi connectivity index (χ0n) is 17.4. The summed E-state index contributed by atoms with van der Waals surface area (Å²) in [5.74, 6) is -0.689. The molecule has 2 unspecified atom stereocenters. The van der Waals surface area contributed by atoms with Gasteiger partial charge in [0.1, 0.15) is 17.7 Å². The van der Waals surface area contributed by atoms with Crippen LogP contribution in [0.25, 0.3) is 6.08 Å². The minimum absolute atomic E-state index is 0.0306. The molecular formula is C21H31N3O3. The molecule has 0 bridgehead atoms. The number of hydrogen-bond donors (Lipinski definition) is 1. The van der Waals surface area contributed by atoms with Crippen molar-refractivity contribution in [3.05, 3.63) is 28.6 Å². The smallest absolute Gasteiger partial charge is 0.328 e. The van der Waals surface area contributed by atoms with Gasteiger partial charge in [-0.1, -0.05) is 34.1 Å². The van der Waals surface area contributed by atoms with E-state index in [1.165, 1.54) is 7.11 Å². The average Bonchev–Trinajstić information content (AvgIpc) is 2.89. The Morgan fingerprint density at radius 1 is 1.33 bits per heavy atom. The Balaban J connectivity index is 3.15. The molecule has 0 fully saturated rings. The first kappa shape index (κ1) is 22.5. The van der Waals surface area contributed by atoms with Crippen molar-refractivity contribution < 1.29 is 14.3 Å². The SMILES string of the molecule is CCC(C)C(NC(=O)/C(C#N)=C/c1cc(C)n(CC(C)C)c1C)C(=O)OC. The number of nitrogens with one attached hydrogen (secondary N) is 1. The molecule has 1 aromatic heterocycles. The number of carbonyl (C=O) groups excluding carboxylic acids is 2. The Morgan fingerprint density at radius 3 is 2.44 bits per heavy atom. The molecule has 1 heterocycles. The second-order valence-corrected chi connectivity index (χ2v) is 7.36. The summed E-state index contributed by atoms with van der Waals surface area (Å²) in [5, 5.41) is 12.1. The van der Waals surface area contributed by atoms with Gasteiger partial charge in [0.15, 0.2) is 0 Å². The number of esters is 1. The third-order valence-corrected chi connectivity index (χ3v) is 4.78. The lowest BCUT2D eigenvalue weighted by Gasteiger charge is -2.21. The fraction of sp³-hybridized carbons (Fsp3) is 0.571. The lowest BCUT2D eigenvalue weighted by atomic mass is 9.98. The van der Waals surface area contributed by atoms with E-state index in [4.69, 9.17) is 4.74 Å². The normalized spacial score (nSPS) is 13.8. The van der Waals surface area contributed by atoms with Crippen molar-refractivity contribution in [2.75, 3.05) is 7.11 Å². The first-order valence-corrected chi connectivity index (χ1v) is 9.33. The van der Waals surface area contributed by atoms with Gasteiger partial charge in [-0.05, 0) is 43.4 Å². The monoisotopic (exact) mass is 373 g/mol. The average molecular weight is 373 g/mol. The van der Waals surface area contributed by atoms with E-state index in [2.05, 4.69) is 23.7 Å². The fourth-order valence-electron chi connectivity index (χ4n) is 2.94. The van der Waals surface area contributed by atoms with Crippen molar-refractivity contribution in [3.63, 3.8) is 0 Å². The maximum atomic E-state index is 12.6. The summed E-state index contributed by atoms with van der Waals surface area (Å²) in [5.41, 5.74) is 2.89. The van der Waals surface area contributed by atoms with Crippen molar-refractivity contribution >= 4 is 18.0 Å². The van der Waals surface area contributed by atoms with E-state index in [0.29, 0.717) is 12.3 Å². The Bertz CT molecular complexity index is 753. The van der Waals surface area contributed by atoms with E-state index in [1.807, 2.05) is 39.8 Å². The van der Waals surface area contributed by atoms with Crippen LogP contribution in [-0.2, 0) is 20.9 Å². The summed E-state index contributed by atoms with van der Waals surface area (Å²) >= 11 is 0. The summed E-state index contributed by atoms with van der Waals surface area (Å²) in [6, 6.07) is 3.14. The van der Waals surface area contributed by atoms with Gasteiger partial charge in [-0.3, -0.25) is 4.79 Å². The lowest BCUT2D eigenvalue weighted by molar-refractivity contribution is -0.146. The van der Waals surface area contributed by atoms with Gasteiger partial charge in [-0.25, -0.2) is 4.79 Å². The van der Waals surface area contributed by atoms with Gasteiger partial charge < -0.3 is 14.6 Å². The molecule has 148 valence electrons. The minimum Gasteiger partial charge on any atom is -0.467 e. The van der Waals surface area contributed by atoms with Crippen LogP contribution in [0.5, 0.6) is 0 Å². The maximum absolute atomic E-state index is 12.6. The van der Waals surface area contributed by atoms with Crippen LogP contribution >= 0.6 is 0 Å². The highest BCUT2D eigenvalue weighted by Crippen LogP contribution is 2.20. The Hall–Kier alpha value is -2.55. The molecule has 0 saturated heterocycles. The highest BCUT2D eigenvalue weighted by Gasteiger charge is 2.28. The summed E-state index contributed by atoms with van der Waals surface area (Å²) in [6.45, 7) is 12.9. The molecule has 2 atom stereocenters. The molecule has 0 aromatic carbocycles. The number of methoxy groups -OCH3 is 1. The molecule has 1 aromatic rings. The number of aromatic nitrogens is 1. The largest absolute Gasteiger partial charge is 0.467 e. The first-order chi connectivity index (χ1) is 12.7. The summed E-state index contributed by atoms with van der Waals surface area (Å²) in [4.78, 5) is 24.6. The van der Waals surface area contributed by atoms with Crippen LogP contribution in [0.2, 0.25) is 0 Å². The van der Waals surface area contributed by atoms with Gasteiger partial charge in [-0.2, -0.15) is 5.26 Å². The number of amides is 1. The van der Waals surface area contributed by atoms with E-state index in [1.54, 1.807) is 6.08 Å². The molecule has 1 amide bonds. The van der Waals surface area contributed by atoms with Gasteiger partial charge in [0.2, 0.25) is 0 Å². The van der Waals surface area contributed by atoms with E-state index >= 15 is 0 Å². The van der Waals surface area contributed by atoms with Crippen molar-refractivity contribution in [3.8, 4) is 6.07 Å². The number of nitriles is 1. The second-order valence-electron chi connectivity index (χ2n) is 7.36. The van der Waals surface area contributed by atoms with E-state index in [0.717, 1.165) is 23.5 Å². The Kier molecular flexibility index (Phi) is 8.30. The predicted octanol–water partition coefficient (Wildman–Crippen LogP) is 3.37. The molecule has 0 radical (unpaired) electrons. The minimum atomic E-state index is -0.780. The molecule has 1 N–H and O–H groups in total. The van der Waals surface area contributed by atoms with Crippen LogP contribution in [0.4, 0.5) is 0 Å².